The van der Waals surface area contributed by atoms with Gasteiger partial charge in [-0.1, -0.05) is 32.6 Å². The van der Waals surface area contributed by atoms with Gasteiger partial charge in [-0.2, -0.15) is 20.1 Å². The van der Waals surface area contributed by atoms with Crippen LogP contribution in [0.15, 0.2) is 0 Å². The van der Waals surface area contributed by atoms with Crippen LogP contribution < -0.4 is 11.5 Å². The average molecular weight is 374 g/mol. The molecule has 0 saturated carbocycles. The third-order valence-corrected chi connectivity index (χ3v) is 3.53. The Morgan fingerprint density at radius 1 is 0.852 bits per heavy atom. The van der Waals surface area contributed by atoms with Crippen molar-refractivity contribution in [1.82, 2.24) is 30.0 Å². The van der Waals surface area contributed by atoms with Crippen molar-refractivity contribution in [3.05, 3.63) is 11.4 Å². The van der Waals surface area contributed by atoms with Gasteiger partial charge in [0.05, 0.1) is 19.7 Å². The molecule has 0 bridgehead atoms. The van der Waals surface area contributed by atoms with Crippen molar-refractivity contribution in [2.75, 3.05) is 25.2 Å². The first-order valence-electron chi connectivity index (χ1n) is 8.76. The highest BCUT2D eigenvalue weighted by Gasteiger charge is 2.06. The Balaban J connectivity index is 0.000000277. The topological polar surface area (TPSA) is 170 Å². The molecule has 0 aliphatic carbocycles. The first-order valence-corrected chi connectivity index (χ1v) is 8.76. The average Bonchev–Trinajstić information content (AvgIpc) is 3.21. The van der Waals surface area contributed by atoms with E-state index in [2.05, 4.69) is 27.3 Å². The minimum Gasteiger partial charge on any atom is -0.383 e. The summed E-state index contributed by atoms with van der Waals surface area (Å²) in [4.78, 5) is 2.86. The summed E-state index contributed by atoms with van der Waals surface area (Å²) in [5.41, 5.74) is 11.2. The molecule has 2 aromatic heterocycles. The number of methoxy groups -OCH3 is 1. The first-order chi connectivity index (χ1) is 13.0. The van der Waals surface area contributed by atoms with Crippen LogP contribution in [0.3, 0.4) is 0 Å². The zero-order valence-corrected chi connectivity index (χ0v) is 15.8. The fourth-order valence-corrected chi connectivity index (χ4v) is 2.11. The summed E-state index contributed by atoms with van der Waals surface area (Å²) in [5, 5.41) is 32.6. The summed E-state index contributed by atoms with van der Waals surface area (Å²) >= 11 is 0. The van der Waals surface area contributed by atoms with E-state index >= 15 is 0 Å². The van der Waals surface area contributed by atoms with Crippen molar-refractivity contribution in [3.8, 4) is 12.1 Å². The summed E-state index contributed by atoms with van der Waals surface area (Å²) in [6.45, 7) is 3.94. The van der Waals surface area contributed by atoms with Crippen LogP contribution >= 0.6 is 0 Å². The van der Waals surface area contributed by atoms with Crippen LogP contribution in [0.4, 0.5) is 11.6 Å². The standard InChI is InChI=1S/C10H17N5.C6H9N5O/c1-2-3-4-5-6-7-15-13-9(8-11)10(12)14-15;1-12-3-2-11-9-5(4-7)6(8)10-11/h2-7H2,1H3,(H2,12,14);2-3H2,1H3,(H2,8,10). The zero-order chi connectivity index (χ0) is 20.1. The number of ether oxygens (including phenoxy) is 1. The van der Waals surface area contributed by atoms with Crippen LogP contribution in [0.5, 0.6) is 0 Å². The highest BCUT2D eigenvalue weighted by atomic mass is 16.5. The maximum Gasteiger partial charge on any atom is 0.206 e. The molecule has 0 aliphatic rings. The second-order valence-electron chi connectivity index (χ2n) is 5.69. The van der Waals surface area contributed by atoms with E-state index in [-0.39, 0.29) is 23.0 Å². The fraction of sp³-hybridized carbons (Fsp3) is 0.625. The van der Waals surface area contributed by atoms with Crippen LogP contribution in [-0.2, 0) is 17.8 Å². The molecule has 11 nitrogen and oxygen atoms in total. The second kappa shape index (κ2) is 12.2. The Morgan fingerprint density at radius 3 is 1.81 bits per heavy atom. The summed E-state index contributed by atoms with van der Waals surface area (Å²) in [6.07, 6.45) is 5.98. The number of nitriles is 2. The van der Waals surface area contributed by atoms with E-state index < -0.39 is 0 Å². The normalized spacial score (nSPS) is 9.93. The SMILES string of the molecule is CCCCCCCn1nc(N)c(C#N)n1.COCCn1nc(N)c(C#N)n1. The Labute approximate surface area is 158 Å². The lowest BCUT2D eigenvalue weighted by atomic mass is 10.2. The number of hydrogen-bond donors (Lipinski definition) is 2. The molecule has 27 heavy (non-hydrogen) atoms. The predicted octanol–water partition coefficient (Wildman–Crippen LogP) is 1.08. The maximum atomic E-state index is 8.63. The number of nitrogens with zero attached hydrogens (tertiary/aromatic N) is 8. The van der Waals surface area contributed by atoms with E-state index in [1.165, 1.54) is 35.3 Å². The Hall–Kier alpha value is -3.18. The summed E-state index contributed by atoms with van der Waals surface area (Å²) in [7, 11) is 1.58. The van der Waals surface area contributed by atoms with Gasteiger partial charge in [-0.25, -0.2) is 0 Å². The molecule has 0 aromatic carbocycles. The van der Waals surface area contributed by atoms with Gasteiger partial charge in [0.15, 0.2) is 11.6 Å². The van der Waals surface area contributed by atoms with Gasteiger partial charge in [0.25, 0.3) is 0 Å². The number of hydrogen-bond acceptors (Lipinski definition) is 9. The Kier molecular flexibility index (Phi) is 9.89. The molecule has 0 radical (unpaired) electrons. The molecule has 11 heteroatoms. The highest BCUT2D eigenvalue weighted by molar-refractivity contribution is 5.41. The molecule has 2 rings (SSSR count). The first kappa shape index (κ1) is 21.9. The van der Waals surface area contributed by atoms with E-state index in [1.807, 2.05) is 12.1 Å². The Bertz CT molecular complexity index is 767. The number of nitrogen functional groups attached to an aromatic ring is 2. The lowest BCUT2D eigenvalue weighted by molar-refractivity contribution is 0.179. The molecular weight excluding hydrogens is 348 g/mol. The van der Waals surface area contributed by atoms with Crippen molar-refractivity contribution >= 4 is 11.6 Å². The highest BCUT2D eigenvalue weighted by Crippen LogP contribution is 2.06. The number of unbranched alkanes of at least 4 members (excludes halogenated alkanes) is 4. The number of nitrogens with two attached hydrogens (primary N) is 2. The quantitative estimate of drug-likeness (QED) is 0.609. The van der Waals surface area contributed by atoms with Crippen molar-refractivity contribution in [2.45, 2.75) is 52.1 Å². The van der Waals surface area contributed by atoms with Crippen molar-refractivity contribution in [3.63, 3.8) is 0 Å². The lowest BCUT2D eigenvalue weighted by Crippen LogP contribution is -2.07. The van der Waals surface area contributed by atoms with Gasteiger partial charge in [0.1, 0.15) is 12.1 Å². The molecule has 146 valence electrons. The predicted molar refractivity (Wildman–Crippen MR) is 98.9 cm³/mol. The van der Waals surface area contributed by atoms with Gasteiger partial charge in [-0.05, 0) is 6.42 Å². The second-order valence-corrected chi connectivity index (χ2v) is 5.69. The molecule has 0 saturated heterocycles. The van der Waals surface area contributed by atoms with Crippen molar-refractivity contribution in [1.29, 1.82) is 10.5 Å². The summed E-state index contributed by atoms with van der Waals surface area (Å²) < 4.78 is 4.80. The number of rotatable bonds is 9. The van der Waals surface area contributed by atoms with Crippen LogP contribution in [0.2, 0.25) is 0 Å². The summed E-state index contributed by atoms with van der Waals surface area (Å²) in [6, 6.07) is 3.74. The smallest absolute Gasteiger partial charge is 0.206 e. The molecule has 2 aromatic rings. The van der Waals surface area contributed by atoms with Crippen LogP contribution in [-0.4, -0.2) is 43.7 Å². The molecule has 0 unspecified atom stereocenters. The molecule has 0 atom stereocenters. The van der Waals surface area contributed by atoms with E-state index in [0.717, 1.165) is 13.0 Å². The van der Waals surface area contributed by atoms with E-state index in [9.17, 15) is 0 Å². The molecule has 0 spiro atoms. The Morgan fingerprint density at radius 2 is 1.37 bits per heavy atom. The molecular formula is C16H26N10O. The molecule has 0 aliphatic heterocycles. The van der Waals surface area contributed by atoms with Crippen LogP contribution in [0, 0.1) is 22.7 Å². The van der Waals surface area contributed by atoms with Crippen molar-refractivity contribution in [2.24, 2.45) is 0 Å². The minimum absolute atomic E-state index is 0.158. The van der Waals surface area contributed by atoms with E-state index in [0.29, 0.717) is 13.2 Å². The van der Waals surface area contributed by atoms with Crippen LogP contribution in [0.1, 0.15) is 50.4 Å². The number of aromatic nitrogens is 6. The third kappa shape index (κ3) is 7.71. The van der Waals surface area contributed by atoms with Crippen LogP contribution in [0.25, 0.3) is 0 Å². The number of aryl methyl sites for hydroxylation is 1. The fourth-order valence-electron chi connectivity index (χ4n) is 2.11. The minimum atomic E-state index is 0.158. The number of anilines is 2. The van der Waals surface area contributed by atoms with Gasteiger partial charge in [0.2, 0.25) is 11.4 Å². The molecule has 4 N–H and O–H groups in total. The van der Waals surface area contributed by atoms with Gasteiger partial charge in [-0.15, -0.1) is 20.4 Å². The molecule has 0 amide bonds. The van der Waals surface area contributed by atoms with E-state index in [4.69, 9.17) is 26.7 Å². The van der Waals surface area contributed by atoms with Gasteiger partial charge >= 0.3 is 0 Å². The van der Waals surface area contributed by atoms with Crippen molar-refractivity contribution < 1.29 is 4.74 Å². The lowest BCUT2D eigenvalue weighted by Gasteiger charge is -1.99. The van der Waals surface area contributed by atoms with Gasteiger partial charge in [-0.3, -0.25) is 0 Å². The van der Waals surface area contributed by atoms with Gasteiger partial charge < -0.3 is 16.2 Å². The zero-order valence-electron chi connectivity index (χ0n) is 15.8. The largest absolute Gasteiger partial charge is 0.383 e. The molecule has 2 heterocycles. The van der Waals surface area contributed by atoms with Gasteiger partial charge in [0, 0.05) is 7.11 Å². The van der Waals surface area contributed by atoms with E-state index in [1.54, 1.807) is 7.11 Å². The third-order valence-electron chi connectivity index (χ3n) is 3.53. The monoisotopic (exact) mass is 374 g/mol. The maximum absolute atomic E-state index is 8.63. The summed E-state index contributed by atoms with van der Waals surface area (Å²) in [5.74, 6) is 0.389. The molecule has 0 fully saturated rings.